The molecule has 1 unspecified atom stereocenters. The Morgan fingerprint density at radius 3 is 2.97 bits per heavy atom. The van der Waals surface area contributed by atoms with Gasteiger partial charge in [-0.25, -0.2) is 14.4 Å². The molecule has 5 rings (SSSR count). The van der Waals surface area contributed by atoms with E-state index in [0.717, 1.165) is 4.47 Å². The van der Waals surface area contributed by atoms with Crippen LogP contribution in [0.15, 0.2) is 35.2 Å². The van der Waals surface area contributed by atoms with Crippen molar-refractivity contribution in [3.05, 3.63) is 58.0 Å². The van der Waals surface area contributed by atoms with Gasteiger partial charge in [0.05, 0.1) is 22.3 Å². The zero-order valence-corrected chi connectivity index (χ0v) is 18.4. The number of nitrogen functional groups attached to an aromatic ring is 1. The summed E-state index contributed by atoms with van der Waals surface area (Å²) in [5, 5.41) is 0. The molecule has 2 N–H and O–H groups in total. The Kier molecular flexibility index (Phi) is 4.54. The van der Waals surface area contributed by atoms with Gasteiger partial charge in [-0.1, -0.05) is 0 Å². The number of hydrogen-bond donors (Lipinski definition) is 1. The Morgan fingerprint density at radius 2 is 2.19 bits per heavy atom. The highest BCUT2D eigenvalue weighted by Gasteiger charge is 2.34. The van der Waals surface area contributed by atoms with E-state index < -0.39 is 17.8 Å². The number of carbonyl (C=O) groups excluding carboxylic acids is 1. The second kappa shape index (κ2) is 7.16. The van der Waals surface area contributed by atoms with Crippen LogP contribution in [0.4, 0.5) is 10.2 Å². The van der Waals surface area contributed by atoms with Crippen LogP contribution >= 0.6 is 15.9 Å². The number of imidazole rings is 1. The highest BCUT2D eigenvalue weighted by molar-refractivity contribution is 9.10. The number of amides is 1. The molecule has 1 aromatic carbocycles. The van der Waals surface area contributed by atoms with E-state index in [4.69, 9.17) is 10.5 Å². The van der Waals surface area contributed by atoms with Crippen molar-refractivity contribution >= 4 is 44.2 Å². The summed E-state index contributed by atoms with van der Waals surface area (Å²) in [4.78, 5) is 28.0. The van der Waals surface area contributed by atoms with E-state index in [-0.39, 0.29) is 18.0 Å². The highest BCUT2D eigenvalue weighted by Crippen LogP contribution is 2.37. The van der Waals surface area contributed by atoms with Crippen molar-refractivity contribution in [3.63, 3.8) is 0 Å². The molecule has 0 fully saturated rings. The third-order valence-electron chi connectivity index (χ3n) is 5.53. The minimum absolute atomic E-state index is 0.0564. The lowest BCUT2D eigenvalue weighted by molar-refractivity contribution is 0.0655. The second-order valence-electron chi connectivity index (χ2n) is 7.32. The first-order chi connectivity index (χ1) is 14.9. The summed E-state index contributed by atoms with van der Waals surface area (Å²) in [6.07, 6.45) is 3.25. The van der Waals surface area contributed by atoms with Gasteiger partial charge in [-0.3, -0.25) is 14.2 Å². The van der Waals surface area contributed by atoms with Crippen molar-refractivity contribution < 1.29 is 13.9 Å². The first kappa shape index (κ1) is 19.7. The van der Waals surface area contributed by atoms with Gasteiger partial charge in [-0.15, -0.1) is 0 Å². The molecule has 0 saturated carbocycles. The van der Waals surface area contributed by atoms with Crippen LogP contribution in [0.5, 0.6) is 5.75 Å². The molecule has 0 radical (unpaired) electrons. The fourth-order valence-electron chi connectivity index (χ4n) is 4.05. The molecule has 10 heteroatoms. The summed E-state index contributed by atoms with van der Waals surface area (Å²) >= 11 is 3.37. The van der Waals surface area contributed by atoms with Crippen LogP contribution in [0.25, 0.3) is 16.6 Å². The summed E-state index contributed by atoms with van der Waals surface area (Å²) in [6, 6.07) is 4.14. The van der Waals surface area contributed by atoms with E-state index in [2.05, 4.69) is 30.9 Å². The van der Waals surface area contributed by atoms with Crippen LogP contribution in [0.3, 0.4) is 0 Å². The topological polar surface area (TPSA) is 98.6 Å². The summed E-state index contributed by atoms with van der Waals surface area (Å²) in [5.41, 5.74) is 8.87. The molecule has 0 aliphatic carbocycles. The van der Waals surface area contributed by atoms with E-state index >= 15 is 4.39 Å². The van der Waals surface area contributed by atoms with Crippen LogP contribution in [-0.2, 0) is 0 Å². The van der Waals surface area contributed by atoms with Crippen molar-refractivity contribution in [2.45, 2.75) is 19.9 Å². The molecule has 4 heterocycles. The summed E-state index contributed by atoms with van der Waals surface area (Å²) in [6.45, 7) is 4.28. The van der Waals surface area contributed by atoms with Crippen LogP contribution in [0.2, 0.25) is 0 Å². The van der Waals surface area contributed by atoms with Crippen LogP contribution in [0.1, 0.15) is 34.7 Å². The quantitative estimate of drug-likeness (QED) is 0.476. The molecule has 1 atom stereocenters. The number of halogens is 2. The van der Waals surface area contributed by atoms with Crippen molar-refractivity contribution in [3.8, 4) is 5.75 Å². The summed E-state index contributed by atoms with van der Waals surface area (Å²) < 4.78 is 23.3. The molecule has 1 aliphatic heterocycles. The van der Waals surface area contributed by atoms with E-state index in [1.807, 2.05) is 19.9 Å². The molecule has 0 bridgehead atoms. The predicted octanol–water partition coefficient (Wildman–Crippen LogP) is 3.67. The maximum atomic E-state index is 15.0. The van der Waals surface area contributed by atoms with Crippen molar-refractivity contribution in [2.75, 3.05) is 18.9 Å². The van der Waals surface area contributed by atoms with Crippen molar-refractivity contribution in [1.82, 2.24) is 24.3 Å². The number of anilines is 1. The van der Waals surface area contributed by atoms with E-state index in [0.29, 0.717) is 40.2 Å². The Morgan fingerprint density at radius 1 is 1.39 bits per heavy atom. The van der Waals surface area contributed by atoms with Crippen LogP contribution in [0, 0.1) is 12.7 Å². The minimum atomic E-state index is -0.665. The number of aromatic nitrogens is 4. The lowest BCUT2D eigenvalue weighted by Crippen LogP contribution is -2.36. The molecule has 3 aromatic heterocycles. The Bertz CT molecular complexity index is 1370. The monoisotopic (exact) mass is 484 g/mol. The number of benzene rings is 1. The normalized spacial score (nSPS) is 15.3. The smallest absolute Gasteiger partial charge is 0.257 e. The number of carbonyl (C=O) groups is 1. The number of pyridine rings is 1. The van der Waals surface area contributed by atoms with Crippen LogP contribution in [-0.4, -0.2) is 43.3 Å². The lowest BCUT2D eigenvalue weighted by Gasteiger charge is -2.26. The van der Waals surface area contributed by atoms with Crippen LogP contribution < -0.4 is 10.5 Å². The number of rotatable bonds is 3. The molecule has 0 spiro atoms. The number of ether oxygens (including phenoxy) is 1. The fraction of sp³-hybridized carbons (Fsp3) is 0.238. The third-order valence-corrected chi connectivity index (χ3v) is 5.96. The molecule has 4 aromatic rings. The third kappa shape index (κ3) is 3.01. The molecule has 0 saturated heterocycles. The first-order valence-corrected chi connectivity index (χ1v) is 10.5. The zero-order chi connectivity index (χ0) is 21.9. The second-order valence-corrected chi connectivity index (χ2v) is 8.24. The van der Waals surface area contributed by atoms with E-state index in [9.17, 15) is 4.79 Å². The fourth-order valence-corrected chi connectivity index (χ4v) is 4.36. The van der Waals surface area contributed by atoms with Gasteiger partial charge in [0, 0.05) is 23.3 Å². The number of nitrogens with zero attached hydrogens (tertiary/aromatic N) is 5. The van der Waals surface area contributed by atoms with Gasteiger partial charge < -0.3 is 15.4 Å². The SMILES string of the molecule is CCN(C(=O)c1cc2c(cc1F)nc(N)c1c(C)ncn12)C1COc2cc(Br)cnc21. The standard InChI is InChI=1S/C21H18BrFN6O2/c1-3-28(16-8-31-17-4-11(22)7-25-18(16)17)21(30)12-5-15-14(6-13(12)23)27-20(24)19-10(2)26-9-29(15)19/h4-7,9,16H,3,8H2,1-2H3,(H2,24,27). The molecule has 31 heavy (non-hydrogen) atoms. The van der Waals surface area contributed by atoms with Crippen molar-refractivity contribution in [2.24, 2.45) is 0 Å². The molecular formula is C21H18BrFN6O2. The summed E-state index contributed by atoms with van der Waals surface area (Å²) in [7, 11) is 0. The molecule has 1 aliphatic rings. The molecule has 1 amide bonds. The van der Waals surface area contributed by atoms with Crippen molar-refractivity contribution in [1.29, 1.82) is 0 Å². The summed E-state index contributed by atoms with van der Waals surface area (Å²) in [5.74, 6) is -0.246. The molecular weight excluding hydrogens is 467 g/mol. The maximum absolute atomic E-state index is 15.0. The van der Waals surface area contributed by atoms with Gasteiger partial charge in [0.25, 0.3) is 5.91 Å². The predicted molar refractivity (Wildman–Crippen MR) is 116 cm³/mol. The van der Waals surface area contributed by atoms with Gasteiger partial charge in [0.1, 0.15) is 47.6 Å². The number of nitrogens with two attached hydrogens (primary N) is 1. The van der Waals surface area contributed by atoms with Gasteiger partial charge in [-0.2, -0.15) is 0 Å². The lowest BCUT2D eigenvalue weighted by atomic mass is 10.1. The Balaban J connectivity index is 1.61. The Hall–Kier alpha value is -3.27. The van der Waals surface area contributed by atoms with E-state index in [1.54, 1.807) is 21.8 Å². The maximum Gasteiger partial charge on any atom is 0.257 e. The molecule has 158 valence electrons. The van der Waals surface area contributed by atoms with Gasteiger partial charge in [0.15, 0.2) is 0 Å². The zero-order valence-electron chi connectivity index (χ0n) is 16.8. The average molecular weight is 485 g/mol. The number of fused-ring (bicyclic) bond motifs is 4. The first-order valence-electron chi connectivity index (χ1n) is 9.70. The van der Waals surface area contributed by atoms with Gasteiger partial charge in [-0.05, 0) is 41.9 Å². The van der Waals surface area contributed by atoms with E-state index in [1.165, 1.54) is 12.1 Å². The highest BCUT2D eigenvalue weighted by atomic mass is 79.9. The molecule has 8 nitrogen and oxygen atoms in total. The number of hydrogen-bond acceptors (Lipinski definition) is 6. The minimum Gasteiger partial charge on any atom is -0.489 e. The number of aryl methyl sites for hydroxylation is 1. The Labute approximate surface area is 185 Å². The van der Waals surface area contributed by atoms with Gasteiger partial charge >= 0.3 is 0 Å². The number of likely N-dealkylation sites (N-methyl/N-ethyl adjacent to an activating group) is 1. The average Bonchev–Trinajstić information content (AvgIpc) is 3.32. The van der Waals surface area contributed by atoms with Gasteiger partial charge in [0.2, 0.25) is 0 Å². The largest absolute Gasteiger partial charge is 0.489 e.